The minimum absolute atomic E-state index is 0.0577. The van der Waals surface area contributed by atoms with Crippen LogP contribution in [0.25, 0.3) is 21.8 Å². The van der Waals surface area contributed by atoms with E-state index in [0.717, 1.165) is 103 Å². The number of benzene rings is 3. The number of carbonyl (C=O) groups is 2. The second-order valence-electron chi connectivity index (χ2n) is 16.9. The van der Waals surface area contributed by atoms with Gasteiger partial charge in [0.05, 0.1) is 49.5 Å². The first-order valence-corrected chi connectivity index (χ1v) is 20.9. The predicted octanol–water partition coefficient (Wildman–Crippen LogP) is 7.58. The maximum absolute atomic E-state index is 14.4. The Labute approximate surface area is 338 Å². The van der Waals surface area contributed by atoms with Gasteiger partial charge in [0, 0.05) is 53.8 Å². The zero-order chi connectivity index (χ0) is 39.3. The maximum Gasteiger partial charge on any atom is 0.338 e. The number of aromatic nitrogens is 2. The normalized spacial score (nSPS) is 31.0. The fraction of sp³-hybridized carbons (Fsp3) is 0.447. The first kappa shape index (κ1) is 37.0. The Hall–Kier alpha value is -5.26. The number of ether oxygens (including phenoxy) is 5. The molecule has 0 spiro atoms. The van der Waals surface area contributed by atoms with Gasteiger partial charge in [0.1, 0.15) is 29.5 Å². The Bertz CT molecular complexity index is 2340. The summed E-state index contributed by atoms with van der Waals surface area (Å²) in [5.41, 5.74) is 4.01. The number of pyridine rings is 2. The summed E-state index contributed by atoms with van der Waals surface area (Å²) in [6.07, 6.45) is 7.68. The molecule has 11 heteroatoms. The topological polar surface area (TPSA) is 113 Å². The molecule has 10 bridgehead atoms. The Morgan fingerprint density at radius 1 is 0.638 bits per heavy atom. The SMILES string of the molecule is COc1ccc2nccc([C@@H]3OC(=O)C[C@H]4CN5CC[C@H]4C[C@@H]5[C@H](c4ccnc5ccc(OC)cc45)OC(=O)c4ccc(cc4)OCC[C@H]4CN5CC[C@H]4C[C@H]35)c2c1. The van der Waals surface area contributed by atoms with Gasteiger partial charge < -0.3 is 23.7 Å². The van der Waals surface area contributed by atoms with Crippen molar-refractivity contribution in [2.24, 2.45) is 23.7 Å². The average molecular weight is 783 g/mol. The number of hydrogen-bond donors (Lipinski definition) is 0. The van der Waals surface area contributed by atoms with E-state index < -0.39 is 12.2 Å². The molecule has 0 radical (unpaired) electrons. The molecule has 14 heterocycles. The lowest BCUT2D eigenvalue weighted by atomic mass is 9.72. The number of fused-ring (bicyclic) bond motifs is 4. The highest BCUT2D eigenvalue weighted by Crippen LogP contribution is 2.47. The number of nitrogens with zero attached hydrogens (tertiary/aromatic N) is 4. The van der Waals surface area contributed by atoms with E-state index >= 15 is 0 Å². The van der Waals surface area contributed by atoms with Gasteiger partial charge in [0.25, 0.3) is 0 Å². The molecule has 10 atom stereocenters. The molecule has 0 N–H and O–H groups in total. The largest absolute Gasteiger partial charge is 0.497 e. The van der Waals surface area contributed by atoms with E-state index in [9.17, 15) is 9.59 Å². The summed E-state index contributed by atoms with van der Waals surface area (Å²) in [7, 11) is 3.32. The fourth-order valence-electron chi connectivity index (χ4n) is 10.9. The number of carbonyl (C=O) groups excluding carboxylic acids is 2. The lowest BCUT2D eigenvalue weighted by Gasteiger charge is -2.52. The van der Waals surface area contributed by atoms with Gasteiger partial charge in [-0.1, -0.05) is 0 Å². The van der Waals surface area contributed by atoms with Gasteiger partial charge in [0.15, 0.2) is 0 Å². The summed E-state index contributed by atoms with van der Waals surface area (Å²) in [5.74, 6) is 3.00. The van der Waals surface area contributed by atoms with E-state index in [1.165, 1.54) is 0 Å². The molecule has 6 saturated heterocycles. The Morgan fingerprint density at radius 3 is 1.76 bits per heavy atom. The van der Waals surface area contributed by atoms with E-state index in [2.05, 4.69) is 19.8 Å². The molecule has 0 saturated carbocycles. The molecule has 0 amide bonds. The molecule has 12 aliphatic heterocycles. The van der Waals surface area contributed by atoms with Crippen LogP contribution in [0.2, 0.25) is 0 Å². The van der Waals surface area contributed by atoms with Crippen molar-refractivity contribution in [3.05, 3.63) is 102 Å². The minimum atomic E-state index is -0.573. The average Bonchev–Trinajstić information content (AvgIpc) is 3.27. The lowest BCUT2D eigenvalue weighted by Crippen LogP contribution is -2.57. The van der Waals surface area contributed by atoms with Gasteiger partial charge in [-0.05, 0) is 142 Å². The van der Waals surface area contributed by atoms with E-state index in [4.69, 9.17) is 23.7 Å². The molecule has 2 unspecified atom stereocenters. The molecular weight excluding hydrogens is 733 g/mol. The van der Waals surface area contributed by atoms with Crippen molar-refractivity contribution in [2.45, 2.75) is 62.8 Å². The maximum atomic E-state index is 14.4. The summed E-state index contributed by atoms with van der Waals surface area (Å²) in [6, 6.07) is 23.1. The van der Waals surface area contributed by atoms with E-state index in [0.29, 0.717) is 36.2 Å². The Kier molecular flexibility index (Phi) is 9.89. The van der Waals surface area contributed by atoms with Gasteiger partial charge in [-0.25, -0.2) is 4.79 Å². The fourth-order valence-corrected chi connectivity index (χ4v) is 10.9. The van der Waals surface area contributed by atoms with Gasteiger partial charge in [0.2, 0.25) is 0 Å². The van der Waals surface area contributed by atoms with Crippen molar-refractivity contribution < 1.29 is 33.3 Å². The van der Waals surface area contributed by atoms with Gasteiger partial charge in [-0.2, -0.15) is 0 Å². The van der Waals surface area contributed by atoms with E-state index in [1.807, 2.05) is 66.9 Å². The molecule has 6 fully saturated rings. The van der Waals surface area contributed by atoms with Crippen molar-refractivity contribution in [3.8, 4) is 17.2 Å². The van der Waals surface area contributed by atoms with Crippen LogP contribution in [0.3, 0.4) is 0 Å². The second-order valence-corrected chi connectivity index (χ2v) is 16.9. The number of piperidine rings is 6. The minimum Gasteiger partial charge on any atom is -0.497 e. The van der Waals surface area contributed by atoms with Crippen molar-refractivity contribution >= 4 is 33.7 Å². The molecule has 17 rings (SSSR count). The zero-order valence-electron chi connectivity index (χ0n) is 33.1. The van der Waals surface area contributed by atoms with Gasteiger partial charge in [-0.3, -0.25) is 24.6 Å². The summed E-state index contributed by atoms with van der Waals surface area (Å²) < 4.78 is 30.9. The number of esters is 2. The molecule has 300 valence electrons. The van der Waals surface area contributed by atoms with Crippen LogP contribution in [0, 0.1) is 23.7 Å². The van der Waals surface area contributed by atoms with Crippen LogP contribution < -0.4 is 14.2 Å². The van der Waals surface area contributed by atoms with Crippen LogP contribution in [0.15, 0.2) is 85.2 Å². The molecule has 5 aromatic rings. The number of rotatable bonds is 4. The third kappa shape index (κ3) is 6.91. The van der Waals surface area contributed by atoms with Crippen LogP contribution >= 0.6 is 0 Å². The molecule has 11 nitrogen and oxygen atoms in total. The highest BCUT2D eigenvalue weighted by atomic mass is 16.5. The van der Waals surface area contributed by atoms with Gasteiger partial charge in [-0.15, -0.1) is 0 Å². The smallest absolute Gasteiger partial charge is 0.338 e. The highest BCUT2D eigenvalue weighted by molar-refractivity contribution is 5.90. The van der Waals surface area contributed by atoms with Crippen molar-refractivity contribution in [1.29, 1.82) is 0 Å². The summed E-state index contributed by atoms with van der Waals surface area (Å²) in [6.45, 7) is 4.08. The molecular formula is C47H50N4O7. The van der Waals surface area contributed by atoms with Gasteiger partial charge >= 0.3 is 11.9 Å². The standard InChI is InChI=1S/C47H50N4O7/c1-54-34-7-9-40-38(24-34)36(11-16-48-40)45-42-21-29-13-18-50(42)26-31(29)15-20-56-33-5-3-28(4-6-33)47(53)58-46(37-12-17-49-41-10-8-35(55-2)25-39(37)41)43-22-30-14-19-51(43)27-32(30)23-44(52)57-45/h3-12,16-17,24-25,29-32,42-43,45-46H,13-15,18-23,26-27H2,1-2H3/t29-,30-,31-,32-,42+,43+,45-,46-/m0/s1. The van der Waals surface area contributed by atoms with Crippen LogP contribution in [0.4, 0.5) is 0 Å². The quantitative estimate of drug-likeness (QED) is 0.168. The van der Waals surface area contributed by atoms with E-state index in [1.54, 1.807) is 32.5 Å². The molecule has 12 aliphatic rings. The first-order valence-electron chi connectivity index (χ1n) is 20.9. The van der Waals surface area contributed by atoms with Crippen LogP contribution in [-0.4, -0.2) is 90.8 Å². The van der Waals surface area contributed by atoms with E-state index in [-0.39, 0.29) is 35.9 Å². The third-order valence-electron chi connectivity index (χ3n) is 13.9. The zero-order valence-corrected chi connectivity index (χ0v) is 33.1. The van der Waals surface area contributed by atoms with Crippen molar-refractivity contribution in [1.82, 2.24) is 19.8 Å². The van der Waals surface area contributed by atoms with Crippen molar-refractivity contribution in [3.63, 3.8) is 0 Å². The van der Waals surface area contributed by atoms with Crippen molar-refractivity contribution in [2.75, 3.05) is 47.0 Å². The molecule has 58 heavy (non-hydrogen) atoms. The Morgan fingerprint density at radius 2 is 1.21 bits per heavy atom. The Balaban J connectivity index is 1.01. The summed E-state index contributed by atoms with van der Waals surface area (Å²) in [5, 5.41) is 1.84. The van der Waals surface area contributed by atoms with Crippen LogP contribution in [0.5, 0.6) is 17.2 Å². The highest BCUT2D eigenvalue weighted by Gasteiger charge is 2.48. The van der Waals surface area contributed by atoms with Crippen LogP contribution in [0.1, 0.15) is 72.2 Å². The predicted molar refractivity (Wildman–Crippen MR) is 218 cm³/mol. The number of hydrogen-bond acceptors (Lipinski definition) is 11. The third-order valence-corrected chi connectivity index (χ3v) is 13.9. The second kappa shape index (κ2) is 15.5. The summed E-state index contributed by atoms with van der Waals surface area (Å²) in [4.78, 5) is 42.8. The van der Waals surface area contributed by atoms with Crippen LogP contribution in [-0.2, 0) is 14.3 Å². The molecule has 0 aliphatic carbocycles. The molecule has 2 aromatic heterocycles. The lowest BCUT2D eigenvalue weighted by molar-refractivity contribution is -0.161. The molecule has 3 aromatic carbocycles. The first-order chi connectivity index (χ1) is 28.4. The summed E-state index contributed by atoms with van der Waals surface area (Å²) >= 11 is 0. The monoisotopic (exact) mass is 782 g/mol. The number of methoxy groups -OCH3 is 2.